The van der Waals surface area contributed by atoms with Crippen molar-refractivity contribution in [2.45, 2.75) is 17.8 Å². The number of hydrogen-bond donors (Lipinski definition) is 1. The summed E-state index contributed by atoms with van der Waals surface area (Å²) in [6.45, 7) is 2.10. The number of aromatic nitrogens is 4. The first kappa shape index (κ1) is 12.6. The van der Waals surface area contributed by atoms with E-state index in [1.54, 1.807) is 31.6 Å². The molecule has 2 aromatic heterocycles. The van der Waals surface area contributed by atoms with E-state index in [1.165, 1.54) is 11.8 Å². The average molecular weight is 264 g/mol. The minimum atomic E-state index is -0.389. The maximum atomic E-state index is 11.6. The average Bonchev–Trinajstić information content (AvgIpc) is 2.86. The fourth-order valence-corrected chi connectivity index (χ4v) is 2.08. The van der Waals surface area contributed by atoms with E-state index in [1.807, 2.05) is 0 Å². The van der Waals surface area contributed by atoms with Crippen molar-refractivity contribution in [3.8, 4) is 0 Å². The van der Waals surface area contributed by atoms with Gasteiger partial charge in [0, 0.05) is 23.7 Å². The Labute approximate surface area is 108 Å². The van der Waals surface area contributed by atoms with Crippen molar-refractivity contribution in [1.82, 2.24) is 20.2 Å². The number of ether oxygens (including phenoxy) is 1. The molecule has 1 N–H and O–H groups in total. The second-order valence-electron chi connectivity index (χ2n) is 3.31. The first-order valence-electron chi connectivity index (χ1n) is 5.40. The quantitative estimate of drug-likeness (QED) is 0.502. The zero-order valence-electron chi connectivity index (χ0n) is 9.79. The second-order valence-corrected chi connectivity index (χ2v) is 4.25. The Balaban J connectivity index is 2.02. The molecule has 0 aromatic carbocycles. The number of hydrogen-bond acceptors (Lipinski definition) is 6. The Bertz CT molecular complexity index is 515. The van der Waals surface area contributed by atoms with Crippen LogP contribution in [0, 0.1) is 0 Å². The summed E-state index contributed by atoms with van der Waals surface area (Å²) in [7, 11) is 0. The highest BCUT2D eigenvalue weighted by Crippen LogP contribution is 2.20. The largest absolute Gasteiger partial charge is 0.461 e. The summed E-state index contributed by atoms with van der Waals surface area (Å²) in [6, 6.07) is 1.76. The van der Waals surface area contributed by atoms with Gasteiger partial charge in [-0.25, -0.2) is 14.8 Å². The zero-order valence-corrected chi connectivity index (χ0v) is 10.6. The molecule has 0 saturated heterocycles. The van der Waals surface area contributed by atoms with E-state index in [2.05, 4.69) is 20.2 Å². The summed E-state index contributed by atoms with van der Waals surface area (Å²) in [5, 5.41) is 7.17. The van der Waals surface area contributed by atoms with Crippen molar-refractivity contribution in [3.63, 3.8) is 0 Å². The fraction of sp³-hybridized carbons (Fsp3) is 0.273. The summed E-state index contributed by atoms with van der Waals surface area (Å²) >= 11 is 1.44. The van der Waals surface area contributed by atoms with Gasteiger partial charge in [-0.15, -0.1) is 0 Å². The first-order chi connectivity index (χ1) is 8.81. The molecule has 18 heavy (non-hydrogen) atoms. The number of aromatic amines is 1. The van der Waals surface area contributed by atoms with Crippen LogP contribution in [0.1, 0.15) is 23.0 Å². The van der Waals surface area contributed by atoms with Crippen LogP contribution in [-0.4, -0.2) is 32.7 Å². The molecule has 0 fully saturated rings. The molecule has 94 valence electrons. The van der Waals surface area contributed by atoms with Gasteiger partial charge in [-0.1, -0.05) is 11.8 Å². The molecule has 0 aliphatic carbocycles. The van der Waals surface area contributed by atoms with Crippen molar-refractivity contribution in [1.29, 1.82) is 0 Å². The number of rotatable bonds is 5. The van der Waals surface area contributed by atoms with Crippen LogP contribution in [0.2, 0.25) is 0 Å². The van der Waals surface area contributed by atoms with Crippen molar-refractivity contribution >= 4 is 17.7 Å². The van der Waals surface area contributed by atoms with Gasteiger partial charge in [-0.2, -0.15) is 5.10 Å². The minimum absolute atomic E-state index is 0.340. The molecule has 2 heterocycles. The summed E-state index contributed by atoms with van der Waals surface area (Å²) in [6.07, 6.45) is 4.97. The number of H-pyrrole nitrogens is 1. The lowest BCUT2D eigenvalue weighted by Crippen LogP contribution is -2.07. The highest BCUT2D eigenvalue weighted by atomic mass is 32.2. The predicted molar refractivity (Wildman–Crippen MR) is 66.1 cm³/mol. The number of nitrogens with zero attached hydrogens (tertiary/aromatic N) is 3. The zero-order chi connectivity index (χ0) is 12.8. The lowest BCUT2D eigenvalue weighted by Gasteiger charge is -2.02. The van der Waals surface area contributed by atoms with Gasteiger partial charge in [0.05, 0.1) is 12.8 Å². The molecule has 0 aliphatic heterocycles. The van der Waals surface area contributed by atoms with Gasteiger partial charge in [0.1, 0.15) is 5.69 Å². The Kier molecular flexibility index (Phi) is 4.30. The van der Waals surface area contributed by atoms with Gasteiger partial charge in [0.25, 0.3) is 0 Å². The molecular formula is C11H12N4O2S. The van der Waals surface area contributed by atoms with Crippen LogP contribution in [0.15, 0.2) is 29.8 Å². The predicted octanol–water partition coefficient (Wildman–Crippen LogP) is 1.67. The van der Waals surface area contributed by atoms with Crippen LogP contribution in [0.25, 0.3) is 0 Å². The summed E-state index contributed by atoms with van der Waals surface area (Å²) in [5.41, 5.74) is 1.17. The van der Waals surface area contributed by atoms with E-state index in [4.69, 9.17) is 4.74 Å². The van der Waals surface area contributed by atoms with Crippen molar-refractivity contribution in [3.05, 3.63) is 35.9 Å². The van der Waals surface area contributed by atoms with Crippen LogP contribution >= 0.6 is 11.8 Å². The van der Waals surface area contributed by atoms with E-state index in [9.17, 15) is 4.79 Å². The number of carbonyl (C=O) groups is 1. The van der Waals surface area contributed by atoms with Crippen LogP contribution in [-0.2, 0) is 10.5 Å². The molecule has 0 atom stereocenters. The summed E-state index contributed by atoms with van der Waals surface area (Å²) in [4.78, 5) is 19.8. The van der Waals surface area contributed by atoms with Crippen LogP contribution < -0.4 is 0 Å². The topological polar surface area (TPSA) is 80.8 Å². The monoisotopic (exact) mass is 264 g/mol. The third-order valence-electron chi connectivity index (χ3n) is 2.10. The van der Waals surface area contributed by atoms with E-state index in [0.29, 0.717) is 23.2 Å². The third-order valence-corrected chi connectivity index (χ3v) is 3.02. The fourth-order valence-electron chi connectivity index (χ4n) is 1.30. The second kappa shape index (κ2) is 6.15. The van der Waals surface area contributed by atoms with Gasteiger partial charge < -0.3 is 4.74 Å². The third kappa shape index (κ3) is 3.07. The highest BCUT2D eigenvalue weighted by Gasteiger charge is 2.15. The molecule has 0 saturated carbocycles. The van der Waals surface area contributed by atoms with Crippen LogP contribution in [0.5, 0.6) is 0 Å². The smallest absolute Gasteiger partial charge is 0.356 e. The van der Waals surface area contributed by atoms with Crippen molar-refractivity contribution < 1.29 is 9.53 Å². The van der Waals surface area contributed by atoms with Crippen molar-refractivity contribution in [2.24, 2.45) is 0 Å². The van der Waals surface area contributed by atoms with E-state index in [0.717, 1.165) is 5.56 Å². The van der Waals surface area contributed by atoms with Gasteiger partial charge in [-0.05, 0) is 13.0 Å². The maximum Gasteiger partial charge on any atom is 0.356 e. The maximum absolute atomic E-state index is 11.6. The SMILES string of the molecule is CCOC(=O)c1[nH]ncc1CSc1ncccn1. The molecule has 0 unspecified atom stereocenters. The minimum Gasteiger partial charge on any atom is -0.461 e. The Morgan fingerprint density at radius 1 is 1.44 bits per heavy atom. The van der Waals surface area contributed by atoms with E-state index in [-0.39, 0.29) is 5.97 Å². The Morgan fingerprint density at radius 3 is 2.94 bits per heavy atom. The lowest BCUT2D eigenvalue weighted by atomic mass is 10.3. The Morgan fingerprint density at radius 2 is 2.22 bits per heavy atom. The van der Waals surface area contributed by atoms with Gasteiger partial charge >= 0.3 is 5.97 Å². The molecule has 0 spiro atoms. The van der Waals surface area contributed by atoms with Crippen molar-refractivity contribution in [2.75, 3.05) is 6.61 Å². The highest BCUT2D eigenvalue weighted by molar-refractivity contribution is 7.98. The summed E-state index contributed by atoms with van der Waals surface area (Å²) < 4.78 is 4.93. The van der Waals surface area contributed by atoms with Gasteiger partial charge in [0.2, 0.25) is 0 Å². The number of carbonyl (C=O) groups excluding carboxylic acids is 1. The normalized spacial score (nSPS) is 10.3. The number of esters is 1. The number of thioether (sulfide) groups is 1. The van der Waals surface area contributed by atoms with E-state index >= 15 is 0 Å². The number of nitrogens with one attached hydrogen (secondary N) is 1. The van der Waals surface area contributed by atoms with E-state index < -0.39 is 0 Å². The molecule has 0 aliphatic rings. The molecular weight excluding hydrogens is 252 g/mol. The lowest BCUT2D eigenvalue weighted by molar-refractivity contribution is 0.0518. The van der Waals surface area contributed by atoms with Gasteiger partial charge in [-0.3, -0.25) is 5.10 Å². The molecule has 0 bridgehead atoms. The molecule has 0 radical (unpaired) electrons. The van der Waals surface area contributed by atoms with Crippen LogP contribution in [0.4, 0.5) is 0 Å². The molecule has 6 nitrogen and oxygen atoms in total. The molecule has 0 amide bonds. The molecule has 2 aromatic rings. The Hall–Kier alpha value is -1.89. The molecule has 7 heteroatoms. The van der Waals surface area contributed by atoms with Crippen LogP contribution in [0.3, 0.4) is 0 Å². The van der Waals surface area contributed by atoms with Gasteiger partial charge in [0.15, 0.2) is 5.16 Å². The first-order valence-corrected chi connectivity index (χ1v) is 6.39. The standard InChI is InChI=1S/C11H12N4O2S/c1-2-17-10(16)9-8(6-14-15-9)7-18-11-12-4-3-5-13-11/h3-6H,2,7H2,1H3,(H,14,15). The summed E-state index contributed by atoms with van der Waals surface area (Å²) in [5.74, 6) is 0.175. The molecule has 2 rings (SSSR count).